The Bertz CT molecular complexity index is 907. The van der Waals surface area contributed by atoms with Gasteiger partial charge in [0, 0.05) is 11.1 Å². The molecule has 0 aliphatic rings. The number of hydrogen-bond donors (Lipinski definition) is 2. The molecular formula is C24H27N2O2+. The number of ether oxygens (including phenoxy) is 1. The number of rotatable bonds is 7. The minimum Gasteiger partial charge on any atom is -0.495 e. The summed E-state index contributed by atoms with van der Waals surface area (Å²) in [5.74, 6) is 0.596. The van der Waals surface area contributed by atoms with Crippen LogP contribution in [0.5, 0.6) is 5.75 Å². The van der Waals surface area contributed by atoms with Gasteiger partial charge < -0.3 is 15.4 Å². The zero-order chi connectivity index (χ0) is 19.9. The van der Waals surface area contributed by atoms with Crippen LogP contribution in [0.4, 0.5) is 5.69 Å². The Balaban J connectivity index is 1.80. The molecule has 0 spiro atoms. The van der Waals surface area contributed by atoms with Crippen LogP contribution in [0.25, 0.3) is 0 Å². The van der Waals surface area contributed by atoms with Crippen molar-refractivity contribution in [3.05, 3.63) is 95.6 Å². The van der Waals surface area contributed by atoms with E-state index in [-0.39, 0.29) is 18.0 Å². The molecule has 4 heteroatoms. The Morgan fingerprint density at radius 1 is 0.893 bits per heavy atom. The van der Waals surface area contributed by atoms with Gasteiger partial charge in [-0.1, -0.05) is 72.3 Å². The molecule has 0 radical (unpaired) electrons. The van der Waals surface area contributed by atoms with Crippen molar-refractivity contribution in [2.45, 2.75) is 25.9 Å². The van der Waals surface area contributed by atoms with Crippen LogP contribution in [0.15, 0.2) is 78.9 Å². The second-order valence-electron chi connectivity index (χ2n) is 6.97. The van der Waals surface area contributed by atoms with Crippen molar-refractivity contribution in [1.29, 1.82) is 0 Å². The number of anilines is 1. The van der Waals surface area contributed by atoms with Gasteiger partial charge in [0.15, 0.2) is 6.04 Å². The molecule has 0 heterocycles. The summed E-state index contributed by atoms with van der Waals surface area (Å²) < 4.78 is 5.33. The third kappa shape index (κ3) is 4.78. The quantitative estimate of drug-likeness (QED) is 0.662. The van der Waals surface area contributed by atoms with Crippen molar-refractivity contribution >= 4 is 11.6 Å². The summed E-state index contributed by atoms with van der Waals surface area (Å²) in [4.78, 5) is 12.8. The third-order valence-corrected chi connectivity index (χ3v) is 4.85. The molecule has 0 fully saturated rings. The summed E-state index contributed by atoms with van der Waals surface area (Å²) in [6, 6.07) is 26.0. The molecule has 4 nitrogen and oxygen atoms in total. The molecule has 0 aliphatic carbocycles. The molecule has 0 bridgehead atoms. The summed E-state index contributed by atoms with van der Waals surface area (Å²) >= 11 is 0. The lowest BCUT2D eigenvalue weighted by Gasteiger charge is -2.21. The third-order valence-electron chi connectivity index (χ3n) is 4.85. The van der Waals surface area contributed by atoms with E-state index in [0.29, 0.717) is 11.4 Å². The molecular weight excluding hydrogens is 348 g/mol. The zero-order valence-corrected chi connectivity index (χ0v) is 16.6. The molecule has 3 aromatic rings. The lowest BCUT2D eigenvalue weighted by Crippen LogP contribution is -2.92. The average molecular weight is 375 g/mol. The van der Waals surface area contributed by atoms with E-state index in [1.165, 1.54) is 16.7 Å². The molecule has 3 N–H and O–H groups in total. The number of quaternary nitrogens is 1. The zero-order valence-electron chi connectivity index (χ0n) is 16.6. The Kier molecular flexibility index (Phi) is 6.45. The second kappa shape index (κ2) is 9.20. The van der Waals surface area contributed by atoms with E-state index in [4.69, 9.17) is 4.74 Å². The summed E-state index contributed by atoms with van der Waals surface area (Å²) in [7, 11) is 1.60. The van der Waals surface area contributed by atoms with Crippen molar-refractivity contribution in [1.82, 2.24) is 0 Å². The molecule has 144 valence electrons. The fourth-order valence-corrected chi connectivity index (χ4v) is 3.22. The molecule has 3 aromatic carbocycles. The number of nitrogens with one attached hydrogen (secondary N) is 1. The van der Waals surface area contributed by atoms with Crippen LogP contribution in [-0.2, 0) is 4.79 Å². The van der Waals surface area contributed by atoms with Gasteiger partial charge in [0.1, 0.15) is 11.8 Å². The number of hydrogen-bond acceptors (Lipinski definition) is 2. The molecule has 28 heavy (non-hydrogen) atoms. The van der Waals surface area contributed by atoms with Crippen LogP contribution in [0.1, 0.15) is 29.7 Å². The predicted molar refractivity (Wildman–Crippen MR) is 112 cm³/mol. The number of benzene rings is 3. The van der Waals surface area contributed by atoms with Gasteiger partial charge in [-0.25, -0.2) is 0 Å². The van der Waals surface area contributed by atoms with Gasteiger partial charge >= 0.3 is 0 Å². The van der Waals surface area contributed by atoms with Crippen LogP contribution in [0.3, 0.4) is 0 Å². The Hall–Kier alpha value is -3.11. The molecule has 1 amide bonds. The fourth-order valence-electron chi connectivity index (χ4n) is 3.22. The summed E-state index contributed by atoms with van der Waals surface area (Å²) in [5.41, 5.74) is 4.25. The van der Waals surface area contributed by atoms with E-state index in [0.717, 1.165) is 0 Å². The molecule has 3 rings (SSSR count). The van der Waals surface area contributed by atoms with Crippen LogP contribution in [0, 0.1) is 6.92 Å². The van der Waals surface area contributed by atoms with Crippen molar-refractivity contribution in [3.8, 4) is 5.75 Å². The average Bonchev–Trinajstić information content (AvgIpc) is 2.73. The largest absolute Gasteiger partial charge is 0.495 e. The SMILES string of the molecule is COc1ccccc1NC(=O)[C@@H](C)[NH2+][C@@H](c1ccccc1)c1ccc(C)cc1. The van der Waals surface area contributed by atoms with Crippen LogP contribution in [0.2, 0.25) is 0 Å². The molecule has 0 saturated carbocycles. The highest BCUT2D eigenvalue weighted by Gasteiger charge is 2.25. The molecule has 0 aliphatic heterocycles. The maximum atomic E-state index is 12.8. The number of methoxy groups -OCH3 is 1. The van der Waals surface area contributed by atoms with E-state index in [1.54, 1.807) is 7.11 Å². The second-order valence-corrected chi connectivity index (χ2v) is 6.97. The normalized spacial score (nSPS) is 12.8. The van der Waals surface area contributed by atoms with Gasteiger partial charge in [0.25, 0.3) is 5.91 Å². The minimum atomic E-state index is -0.281. The standard InChI is InChI=1S/C24H26N2O2/c1-17-13-15-20(16-14-17)23(19-9-5-4-6-10-19)25-18(2)24(27)26-21-11-7-8-12-22(21)28-3/h4-16,18,23,25H,1-3H3,(H,26,27)/p+1/t18-,23+/m1/s1. The molecule has 0 unspecified atom stereocenters. The van der Waals surface area contributed by atoms with E-state index in [1.807, 2.05) is 49.4 Å². The first kappa shape index (κ1) is 19.6. The summed E-state index contributed by atoms with van der Waals surface area (Å²) in [6.07, 6.45) is 0. The molecule has 2 atom stereocenters. The van der Waals surface area contributed by atoms with Crippen molar-refractivity contribution < 1.29 is 14.8 Å². The van der Waals surface area contributed by atoms with Crippen molar-refractivity contribution in [2.24, 2.45) is 0 Å². The van der Waals surface area contributed by atoms with Crippen LogP contribution in [-0.4, -0.2) is 19.1 Å². The maximum Gasteiger partial charge on any atom is 0.282 e. The minimum absolute atomic E-state index is 0.0419. The van der Waals surface area contributed by atoms with Crippen LogP contribution >= 0.6 is 0 Å². The van der Waals surface area contributed by atoms with Crippen molar-refractivity contribution in [3.63, 3.8) is 0 Å². The fraction of sp³-hybridized carbons (Fsp3) is 0.208. The van der Waals surface area contributed by atoms with Gasteiger partial charge in [0.2, 0.25) is 0 Å². The number of carbonyl (C=O) groups is 1. The van der Waals surface area contributed by atoms with E-state index < -0.39 is 0 Å². The Labute approximate surface area is 166 Å². The maximum absolute atomic E-state index is 12.8. The van der Waals surface area contributed by atoms with Gasteiger partial charge in [-0.2, -0.15) is 0 Å². The van der Waals surface area contributed by atoms with E-state index in [2.05, 4.69) is 54.0 Å². The monoisotopic (exact) mass is 375 g/mol. The smallest absolute Gasteiger partial charge is 0.282 e. The van der Waals surface area contributed by atoms with Crippen molar-refractivity contribution in [2.75, 3.05) is 12.4 Å². The van der Waals surface area contributed by atoms with Gasteiger partial charge in [0.05, 0.1) is 12.8 Å². The van der Waals surface area contributed by atoms with E-state index >= 15 is 0 Å². The topological polar surface area (TPSA) is 54.9 Å². The lowest BCUT2D eigenvalue weighted by atomic mass is 9.97. The first-order valence-corrected chi connectivity index (χ1v) is 9.49. The number of aryl methyl sites for hydroxylation is 1. The highest BCUT2D eigenvalue weighted by Crippen LogP contribution is 2.23. The van der Waals surface area contributed by atoms with Gasteiger partial charge in [-0.15, -0.1) is 0 Å². The number of carbonyl (C=O) groups excluding carboxylic acids is 1. The molecule has 0 saturated heterocycles. The molecule has 0 aromatic heterocycles. The van der Waals surface area contributed by atoms with Gasteiger partial charge in [-0.05, 0) is 26.0 Å². The Morgan fingerprint density at radius 3 is 2.18 bits per heavy atom. The lowest BCUT2D eigenvalue weighted by molar-refractivity contribution is -0.704. The highest BCUT2D eigenvalue weighted by atomic mass is 16.5. The number of amides is 1. The summed E-state index contributed by atoms with van der Waals surface area (Å²) in [5, 5.41) is 5.09. The highest BCUT2D eigenvalue weighted by molar-refractivity contribution is 5.94. The van der Waals surface area contributed by atoms with Crippen LogP contribution < -0.4 is 15.4 Å². The number of para-hydroxylation sites is 2. The van der Waals surface area contributed by atoms with E-state index in [9.17, 15) is 4.79 Å². The predicted octanol–water partition coefficient (Wildman–Crippen LogP) is 3.68. The Morgan fingerprint density at radius 2 is 1.50 bits per heavy atom. The first-order chi connectivity index (χ1) is 13.6. The first-order valence-electron chi connectivity index (χ1n) is 9.49. The summed E-state index contributed by atoms with van der Waals surface area (Å²) in [6.45, 7) is 4.00. The number of nitrogens with two attached hydrogens (primary N) is 1. The van der Waals surface area contributed by atoms with Gasteiger partial charge in [-0.3, -0.25) is 4.79 Å².